The number of carboxylic acids is 1. The number of rotatable bonds is 6. The minimum Gasteiger partial charge on any atom is -0.490 e. The lowest BCUT2D eigenvalue weighted by atomic mass is 10.2. The second kappa shape index (κ2) is 6.43. The molecule has 0 spiro atoms. The average Bonchev–Trinajstić information content (AvgIpc) is 2.27. The minimum atomic E-state index is -0.784. The van der Waals surface area contributed by atoms with Crippen LogP contribution >= 0.6 is 11.8 Å². The first-order valence-electron chi connectivity index (χ1n) is 5.15. The number of ether oxygens (including phenoxy) is 1. The van der Waals surface area contributed by atoms with Crippen molar-refractivity contribution in [2.75, 3.05) is 6.26 Å². The molecule has 1 aromatic carbocycles. The number of benzene rings is 1. The van der Waals surface area contributed by atoms with Crippen molar-refractivity contribution in [3.05, 3.63) is 24.3 Å². The van der Waals surface area contributed by atoms with Crippen LogP contribution in [-0.4, -0.2) is 23.4 Å². The Balaban J connectivity index is 2.55. The second-order valence-corrected chi connectivity index (χ2v) is 4.36. The Morgan fingerprint density at radius 2 is 2.19 bits per heavy atom. The van der Waals surface area contributed by atoms with Gasteiger partial charge in [-0.25, -0.2) is 0 Å². The zero-order valence-corrected chi connectivity index (χ0v) is 10.3. The number of hydrogen-bond acceptors (Lipinski definition) is 3. The Bertz CT molecular complexity index is 352. The quantitative estimate of drug-likeness (QED) is 0.776. The zero-order chi connectivity index (χ0) is 12.0. The van der Waals surface area contributed by atoms with Gasteiger partial charge in [-0.05, 0) is 31.7 Å². The highest BCUT2D eigenvalue weighted by molar-refractivity contribution is 7.98. The first-order chi connectivity index (χ1) is 7.63. The van der Waals surface area contributed by atoms with Crippen LogP contribution in [0.3, 0.4) is 0 Å². The number of carboxylic acid groups (broad SMARTS) is 1. The first kappa shape index (κ1) is 12.9. The smallest absolute Gasteiger partial charge is 0.303 e. The van der Waals surface area contributed by atoms with E-state index in [1.807, 2.05) is 37.4 Å². The van der Waals surface area contributed by atoms with Gasteiger partial charge < -0.3 is 9.84 Å². The highest BCUT2D eigenvalue weighted by Crippen LogP contribution is 2.28. The van der Waals surface area contributed by atoms with Gasteiger partial charge in [0.15, 0.2) is 0 Å². The van der Waals surface area contributed by atoms with Crippen LogP contribution in [0.2, 0.25) is 0 Å². The number of aliphatic carboxylic acids is 1. The largest absolute Gasteiger partial charge is 0.490 e. The summed E-state index contributed by atoms with van der Waals surface area (Å²) in [6.45, 7) is 1.89. The summed E-state index contributed by atoms with van der Waals surface area (Å²) in [7, 11) is 0. The molecule has 3 nitrogen and oxygen atoms in total. The van der Waals surface area contributed by atoms with Gasteiger partial charge in [-0.3, -0.25) is 4.79 Å². The van der Waals surface area contributed by atoms with E-state index in [1.165, 1.54) is 0 Å². The van der Waals surface area contributed by atoms with E-state index in [0.29, 0.717) is 6.42 Å². The molecule has 0 aromatic heterocycles. The minimum absolute atomic E-state index is 0.0793. The normalized spacial score (nSPS) is 12.1. The van der Waals surface area contributed by atoms with Crippen LogP contribution in [0.5, 0.6) is 5.75 Å². The van der Waals surface area contributed by atoms with E-state index >= 15 is 0 Å². The molecule has 0 radical (unpaired) electrons. The van der Waals surface area contributed by atoms with E-state index in [9.17, 15) is 4.79 Å². The van der Waals surface area contributed by atoms with Crippen molar-refractivity contribution in [2.45, 2.75) is 30.8 Å². The van der Waals surface area contributed by atoms with Gasteiger partial charge in [-0.2, -0.15) is 0 Å². The molecule has 1 atom stereocenters. The molecule has 0 aliphatic carbocycles. The maximum absolute atomic E-state index is 10.4. The molecule has 1 N–H and O–H groups in total. The van der Waals surface area contributed by atoms with Crippen molar-refractivity contribution in [3.8, 4) is 5.75 Å². The van der Waals surface area contributed by atoms with Crippen molar-refractivity contribution in [1.29, 1.82) is 0 Å². The summed E-state index contributed by atoms with van der Waals surface area (Å²) in [4.78, 5) is 11.5. The summed E-state index contributed by atoms with van der Waals surface area (Å²) in [6, 6.07) is 7.77. The molecule has 0 bridgehead atoms. The predicted molar refractivity (Wildman–Crippen MR) is 65.2 cm³/mol. The summed E-state index contributed by atoms with van der Waals surface area (Å²) in [5.41, 5.74) is 0. The number of thioether (sulfide) groups is 1. The van der Waals surface area contributed by atoms with Gasteiger partial charge in [0.2, 0.25) is 0 Å². The van der Waals surface area contributed by atoms with E-state index in [1.54, 1.807) is 11.8 Å². The summed E-state index contributed by atoms with van der Waals surface area (Å²) in [5.74, 6) is 0.0430. The molecular weight excluding hydrogens is 224 g/mol. The lowest BCUT2D eigenvalue weighted by Gasteiger charge is -2.15. The highest BCUT2D eigenvalue weighted by atomic mass is 32.2. The van der Waals surface area contributed by atoms with Crippen LogP contribution in [-0.2, 0) is 4.79 Å². The molecular formula is C12H16O3S. The Labute approximate surface area is 99.8 Å². The van der Waals surface area contributed by atoms with Crippen molar-refractivity contribution in [1.82, 2.24) is 0 Å². The number of carbonyl (C=O) groups is 1. The molecule has 0 aliphatic rings. The van der Waals surface area contributed by atoms with Gasteiger partial charge in [0.1, 0.15) is 5.75 Å². The van der Waals surface area contributed by atoms with Crippen LogP contribution in [0.4, 0.5) is 0 Å². The van der Waals surface area contributed by atoms with E-state index in [4.69, 9.17) is 9.84 Å². The number of hydrogen-bond donors (Lipinski definition) is 1. The summed E-state index contributed by atoms with van der Waals surface area (Å²) in [6.07, 6.45) is 2.58. The Morgan fingerprint density at radius 3 is 2.81 bits per heavy atom. The third-order valence-electron chi connectivity index (χ3n) is 2.16. The monoisotopic (exact) mass is 240 g/mol. The molecule has 0 heterocycles. The molecule has 1 rings (SSSR count). The van der Waals surface area contributed by atoms with Crippen LogP contribution in [0.1, 0.15) is 19.8 Å². The molecule has 16 heavy (non-hydrogen) atoms. The molecule has 88 valence electrons. The van der Waals surface area contributed by atoms with Crippen molar-refractivity contribution in [3.63, 3.8) is 0 Å². The van der Waals surface area contributed by atoms with Crippen LogP contribution < -0.4 is 4.74 Å². The summed E-state index contributed by atoms with van der Waals surface area (Å²) >= 11 is 1.62. The Kier molecular flexibility index (Phi) is 5.19. The molecule has 0 fully saturated rings. The fourth-order valence-electron chi connectivity index (χ4n) is 1.32. The van der Waals surface area contributed by atoms with E-state index in [-0.39, 0.29) is 12.5 Å². The van der Waals surface area contributed by atoms with Crippen LogP contribution in [0.15, 0.2) is 29.2 Å². The third kappa shape index (κ3) is 4.14. The van der Waals surface area contributed by atoms with Crippen LogP contribution in [0, 0.1) is 0 Å². The maximum Gasteiger partial charge on any atom is 0.303 e. The third-order valence-corrected chi connectivity index (χ3v) is 2.94. The summed E-state index contributed by atoms with van der Waals surface area (Å²) in [5, 5.41) is 8.57. The molecule has 1 unspecified atom stereocenters. The van der Waals surface area contributed by atoms with Crippen molar-refractivity contribution in [2.24, 2.45) is 0 Å². The highest BCUT2D eigenvalue weighted by Gasteiger charge is 2.09. The first-order valence-corrected chi connectivity index (χ1v) is 6.37. The topological polar surface area (TPSA) is 46.5 Å². The second-order valence-electron chi connectivity index (χ2n) is 3.51. The summed E-state index contributed by atoms with van der Waals surface area (Å²) < 4.78 is 5.70. The standard InChI is InChI=1S/C12H16O3S/c1-9(7-8-12(13)14)15-10-5-3-4-6-11(10)16-2/h3-6,9H,7-8H2,1-2H3,(H,13,14). The van der Waals surface area contributed by atoms with Gasteiger partial charge in [0.05, 0.1) is 6.10 Å². The maximum atomic E-state index is 10.4. The molecule has 0 amide bonds. The lowest BCUT2D eigenvalue weighted by molar-refractivity contribution is -0.137. The predicted octanol–water partition coefficient (Wildman–Crippen LogP) is 3.04. The molecule has 0 saturated heterocycles. The van der Waals surface area contributed by atoms with Gasteiger partial charge in [0, 0.05) is 11.3 Å². The average molecular weight is 240 g/mol. The van der Waals surface area contributed by atoms with E-state index in [0.717, 1.165) is 10.6 Å². The van der Waals surface area contributed by atoms with E-state index in [2.05, 4.69) is 0 Å². The van der Waals surface area contributed by atoms with Gasteiger partial charge >= 0.3 is 5.97 Å². The van der Waals surface area contributed by atoms with Crippen LogP contribution in [0.25, 0.3) is 0 Å². The fraction of sp³-hybridized carbons (Fsp3) is 0.417. The number of para-hydroxylation sites is 1. The van der Waals surface area contributed by atoms with E-state index < -0.39 is 5.97 Å². The van der Waals surface area contributed by atoms with Gasteiger partial charge in [0.25, 0.3) is 0 Å². The molecule has 0 aliphatic heterocycles. The Morgan fingerprint density at radius 1 is 1.50 bits per heavy atom. The Hall–Kier alpha value is -1.16. The molecule has 4 heteroatoms. The zero-order valence-electron chi connectivity index (χ0n) is 9.47. The van der Waals surface area contributed by atoms with Gasteiger partial charge in [-0.15, -0.1) is 11.8 Å². The van der Waals surface area contributed by atoms with Crippen molar-refractivity contribution < 1.29 is 14.6 Å². The van der Waals surface area contributed by atoms with Crippen molar-refractivity contribution >= 4 is 17.7 Å². The fourth-order valence-corrected chi connectivity index (χ4v) is 1.85. The molecule has 0 saturated carbocycles. The van der Waals surface area contributed by atoms with Gasteiger partial charge in [-0.1, -0.05) is 12.1 Å². The SMILES string of the molecule is CSc1ccccc1OC(C)CCC(=O)O. The lowest BCUT2D eigenvalue weighted by Crippen LogP contribution is -2.14. The molecule has 1 aromatic rings.